The molecule has 0 saturated carbocycles. The zero-order valence-corrected chi connectivity index (χ0v) is 23.7. The second kappa shape index (κ2) is 12.0. The van der Waals surface area contributed by atoms with E-state index in [1.54, 1.807) is 37.3 Å². The van der Waals surface area contributed by atoms with Crippen molar-refractivity contribution in [2.45, 2.75) is 13.8 Å². The molecule has 5 amide bonds. The van der Waals surface area contributed by atoms with Gasteiger partial charge in [-0.25, -0.2) is 9.69 Å². The van der Waals surface area contributed by atoms with Gasteiger partial charge in [-0.1, -0.05) is 46.9 Å². The van der Waals surface area contributed by atoms with Crippen molar-refractivity contribution in [3.63, 3.8) is 0 Å². The number of carbonyl (C=O) groups is 4. The molecule has 1 saturated heterocycles. The molecule has 3 aromatic rings. The molecule has 0 spiro atoms. The number of rotatable bonds is 7. The summed E-state index contributed by atoms with van der Waals surface area (Å²) in [5.74, 6) is -1.96. The van der Waals surface area contributed by atoms with Crippen molar-refractivity contribution in [2.75, 3.05) is 23.9 Å². The number of amides is 5. The smallest absolute Gasteiger partial charge is 0.335 e. The molecule has 206 valence electrons. The number of hydrogen-bond donors (Lipinski definition) is 2. The molecule has 0 aromatic heterocycles. The van der Waals surface area contributed by atoms with E-state index in [9.17, 15) is 19.2 Å². The van der Waals surface area contributed by atoms with E-state index in [1.807, 2.05) is 6.92 Å². The molecule has 1 heterocycles. The lowest BCUT2D eigenvalue weighted by Gasteiger charge is -2.27. The fourth-order valence-corrected chi connectivity index (χ4v) is 4.46. The Bertz CT molecular complexity index is 1590. The minimum absolute atomic E-state index is 0.0552. The molecule has 1 fully saturated rings. The van der Waals surface area contributed by atoms with E-state index < -0.39 is 23.8 Å². The van der Waals surface area contributed by atoms with E-state index in [2.05, 4.69) is 10.6 Å². The molecular formula is C28H22Cl3N3O6. The second-order valence-electron chi connectivity index (χ2n) is 8.72. The van der Waals surface area contributed by atoms with Gasteiger partial charge >= 0.3 is 6.03 Å². The van der Waals surface area contributed by atoms with Crippen LogP contribution in [-0.2, 0) is 14.4 Å². The maximum Gasteiger partial charge on any atom is 0.335 e. The van der Waals surface area contributed by atoms with Gasteiger partial charge in [0, 0.05) is 15.7 Å². The summed E-state index contributed by atoms with van der Waals surface area (Å²) in [5.41, 5.74) is 2.20. The quantitative estimate of drug-likeness (QED) is 0.255. The molecule has 0 radical (unpaired) electrons. The molecular weight excluding hydrogens is 581 g/mol. The number of nitrogens with one attached hydrogen (secondary N) is 2. The molecule has 1 aliphatic rings. The number of methoxy groups -OCH3 is 1. The highest BCUT2D eigenvalue weighted by molar-refractivity contribution is 6.40. The maximum absolute atomic E-state index is 13.3. The summed E-state index contributed by atoms with van der Waals surface area (Å²) in [4.78, 5) is 51.7. The highest BCUT2D eigenvalue weighted by Gasteiger charge is 2.37. The summed E-state index contributed by atoms with van der Waals surface area (Å²) >= 11 is 18.6. The minimum Gasteiger partial charge on any atom is -0.493 e. The van der Waals surface area contributed by atoms with E-state index in [-0.39, 0.29) is 34.4 Å². The number of carbonyl (C=O) groups excluding carboxylic acids is 4. The fourth-order valence-electron chi connectivity index (χ4n) is 3.83. The van der Waals surface area contributed by atoms with Crippen LogP contribution in [0.5, 0.6) is 11.5 Å². The Labute approximate surface area is 244 Å². The van der Waals surface area contributed by atoms with Crippen molar-refractivity contribution in [1.82, 2.24) is 5.32 Å². The Morgan fingerprint density at radius 1 is 0.975 bits per heavy atom. The van der Waals surface area contributed by atoms with E-state index in [1.165, 1.54) is 31.4 Å². The van der Waals surface area contributed by atoms with Crippen molar-refractivity contribution in [1.29, 1.82) is 0 Å². The average Bonchev–Trinajstić information content (AvgIpc) is 2.89. The Balaban J connectivity index is 1.57. The number of nitrogens with zero attached hydrogens (tertiary/aromatic N) is 1. The van der Waals surface area contributed by atoms with Gasteiger partial charge < -0.3 is 14.8 Å². The summed E-state index contributed by atoms with van der Waals surface area (Å²) in [6.07, 6.45) is 1.27. The fraction of sp³-hybridized carbons (Fsp3) is 0.143. The molecule has 12 heteroatoms. The standard InChI is InChI=1S/C28H22Cl3N3O6/c1-14-5-7-18(12-20(14)30)32-24(35)13-40-25-21(31)9-16(10-23(25)39-3)8-19-26(36)33-28(38)34(27(19)37)22-11-17(29)6-4-15(22)2/h4-12H,13H2,1-3H3,(H,32,35)(H,33,36,38)/b19-8+. The van der Waals surface area contributed by atoms with Gasteiger partial charge in [0.1, 0.15) is 5.57 Å². The van der Waals surface area contributed by atoms with Crippen LogP contribution < -0.4 is 25.0 Å². The summed E-state index contributed by atoms with van der Waals surface area (Å²) in [6.45, 7) is 3.15. The monoisotopic (exact) mass is 601 g/mol. The molecule has 40 heavy (non-hydrogen) atoms. The molecule has 0 bridgehead atoms. The lowest BCUT2D eigenvalue weighted by atomic mass is 10.1. The summed E-state index contributed by atoms with van der Waals surface area (Å²) in [5, 5.41) is 5.72. The van der Waals surface area contributed by atoms with Gasteiger partial charge in [0.25, 0.3) is 17.7 Å². The first-order valence-corrected chi connectivity index (χ1v) is 12.9. The van der Waals surface area contributed by atoms with Crippen LogP contribution in [0, 0.1) is 13.8 Å². The third-order valence-corrected chi connectivity index (χ3v) is 6.80. The van der Waals surface area contributed by atoms with Crippen LogP contribution in [0.25, 0.3) is 6.08 Å². The molecule has 2 N–H and O–H groups in total. The van der Waals surface area contributed by atoms with E-state index in [0.29, 0.717) is 26.9 Å². The van der Waals surface area contributed by atoms with Crippen LogP contribution in [0.1, 0.15) is 16.7 Å². The molecule has 0 unspecified atom stereocenters. The molecule has 0 atom stereocenters. The summed E-state index contributed by atoms with van der Waals surface area (Å²) < 4.78 is 11.0. The maximum atomic E-state index is 13.3. The first-order valence-electron chi connectivity index (χ1n) is 11.7. The first-order chi connectivity index (χ1) is 19.0. The normalized spacial score (nSPS) is 14.3. The van der Waals surface area contributed by atoms with Gasteiger partial charge in [0.05, 0.1) is 17.8 Å². The van der Waals surface area contributed by atoms with Crippen molar-refractivity contribution < 1.29 is 28.7 Å². The molecule has 1 aliphatic heterocycles. The van der Waals surface area contributed by atoms with Crippen molar-refractivity contribution >= 4 is 76.0 Å². The van der Waals surface area contributed by atoms with Crippen molar-refractivity contribution in [2.24, 2.45) is 0 Å². The predicted molar refractivity (Wildman–Crippen MR) is 154 cm³/mol. The van der Waals surface area contributed by atoms with Crippen molar-refractivity contribution in [3.05, 3.63) is 85.9 Å². The molecule has 0 aliphatic carbocycles. The average molecular weight is 603 g/mol. The molecule has 3 aromatic carbocycles. The van der Waals surface area contributed by atoms with Crippen LogP contribution in [0.2, 0.25) is 15.1 Å². The third kappa shape index (κ3) is 6.22. The third-order valence-electron chi connectivity index (χ3n) is 5.88. The largest absolute Gasteiger partial charge is 0.493 e. The molecule has 4 rings (SSSR count). The minimum atomic E-state index is -0.900. The number of benzene rings is 3. The zero-order chi connectivity index (χ0) is 29.1. The number of ether oxygens (including phenoxy) is 2. The highest BCUT2D eigenvalue weighted by Crippen LogP contribution is 2.37. The number of imide groups is 2. The number of halogens is 3. The van der Waals surface area contributed by atoms with Gasteiger partial charge in [0.2, 0.25) is 0 Å². The van der Waals surface area contributed by atoms with Crippen LogP contribution in [0.3, 0.4) is 0 Å². The lowest BCUT2D eigenvalue weighted by molar-refractivity contribution is -0.122. The van der Waals surface area contributed by atoms with E-state index in [0.717, 1.165) is 10.5 Å². The second-order valence-corrected chi connectivity index (χ2v) is 9.97. The van der Waals surface area contributed by atoms with Crippen LogP contribution >= 0.6 is 34.8 Å². The highest BCUT2D eigenvalue weighted by atomic mass is 35.5. The number of hydrogen-bond acceptors (Lipinski definition) is 6. The summed E-state index contributed by atoms with van der Waals surface area (Å²) in [6, 6.07) is 11.8. The summed E-state index contributed by atoms with van der Waals surface area (Å²) in [7, 11) is 1.37. The van der Waals surface area contributed by atoms with Gasteiger partial charge in [-0.15, -0.1) is 0 Å². The SMILES string of the molecule is COc1cc(/C=C2\C(=O)NC(=O)N(c3cc(Cl)ccc3C)C2=O)cc(Cl)c1OCC(=O)Nc1ccc(C)c(Cl)c1. The van der Waals surface area contributed by atoms with E-state index in [4.69, 9.17) is 44.3 Å². The van der Waals surface area contributed by atoms with Crippen molar-refractivity contribution in [3.8, 4) is 11.5 Å². The van der Waals surface area contributed by atoms with Crippen LogP contribution in [-0.4, -0.2) is 37.5 Å². The number of aryl methyl sites for hydroxylation is 2. The molecule has 9 nitrogen and oxygen atoms in total. The van der Waals surface area contributed by atoms with Crippen LogP contribution in [0.4, 0.5) is 16.2 Å². The van der Waals surface area contributed by atoms with Gasteiger partial charge in [-0.05, 0) is 73.0 Å². The first kappa shape index (κ1) is 28.9. The number of barbiturate groups is 1. The Kier molecular flexibility index (Phi) is 8.68. The van der Waals surface area contributed by atoms with E-state index >= 15 is 0 Å². The Morgan fingerprint density at radius 2 is 1.70 bits per heavy atom. The zero-order valence-electron chi connectivity index (χ0n) is 21.4. The van der Waals surface area contributed by atoms with Gasteiger partial charge in [-0.3, -0.25) is 19.7 Å². The predicted octanol–water partition coefficient (Wildman–Crippen LogP) is 5.96. The topological polar surface area (TPSA) is 114 Å². The van der Waals surface area contributed by atoms with Gasteiger partial charge in [0.15, 0.2) is 18.1 Å². The Morgan fingerprint density at radius 3 is 2.40 bits per heavy atom. The Hall–Kier alpha value is -4.05. The number of anilines is 2. The van der Waals surface area contributed by atoms with Crippen LogP contribution in [0.15, 0.2) is 54.1 Å². The lowest BCUT2D eigenvalue weighted by Crippen LogP contribution is -2.54. The number of urea groups is 1. The van der Waals surface area contributed by atoms with Gasteiger partial charge in [-0.2, -0.15) is 0 Å².